The van der Waals surface area contributed by atoms with Gasteiger partial charge in [-0.2, -0.15) is 0 Å². The highest BCUT2D eigenvalue weighted by Gasteiger charge is 2.42. The van der Waals surface area contributed by atoms with Gasteiger partial charge >= 0.3 is 0 Å². The van der Waals surface area contributed by atoms with E-state index in [1.165, 1.54) is 0 Å². The van der Waals surface area contributed by atoms with Gasteiger partial charge in [0, 0.05) is 12.6 Å². The molecular formula is C26H26N2O4. The topological polar surface area (TPSA) is 67.9 Å². The van der Waals surface area contributed by atoms with Gasteiger partial charge in [-0.25, -0.2) is 0 Å². The number of carbonyl (C=O) groups is 2. The Morgan fingerprint density at radius 2 is 1.69 bits per heavy atom. The number of methoxy groups -OCH3 is 2. The fraction of sp³-hybridized carbons (Fsp3) is 0.231. The smallest absolute Gasteiger partial charge is 0.254 e. The molecule has 0 saturated heterocycles. The summed E-state index contributed by atoms with van der Waals surface area (Å²) in [4.78, 5) is 28.5. The highest BCUT2D eigenvalue weighted by Crippen LogP contribution is 2.43. The summed E-state index contributed by atoms with van der Waals surface area (Å²) in [5.74, 6) is 0.371. The van der Waals surface area contributed by atoms with E-state index in [1.54, 1.807) is 32.2 Å². The van der Waals surface area contributed by atoms with Crippen LogP contribution in [0.25, 0.3) is 0 Å². The highest BCUT2D eigenvalue weighted by atomic mass is 16.5. The van der Waals surface area contributed by atoms with Crippen LogP contribution in [0.5, 0.6) is 11.5 Å². The SMILES string of the molecule is COc1ccc([C@@H]2[C@H](C(=O)Nc3cc(C)ccc3OC)c3ccccc3C(=O)N2C)cc1. The summed E-state index contributed by atoms with van der Waals surface area (Å²) < 4.78 is 10.7. The number of nitrogens with one attached hydrogen (secondary N) is 1. The molecule has 2 atom stereocenters. The number of benzene rings is 3. The summed E-state index contributed by atoms with van der Waals surface area (Å²) in [5.41, 5.74) is 3.70. The number of aryl methyl sites for hydroxylation is 1. The number of carbonyl (C=O) groups excluding carboxylic acids is 2. The molecular weight excluding hydrogens is 404 g/mol. The van der Waals surface area contributed by atoms with Crippen LogP contribution in [0.2, 0.25) is 0 Å². The minimum Gasteiger partial charge on any atom is -0.497 e. The Morgan fingerprint density at radius 3 is 2.38 bits per heavy atom. The summed E-state index contributed by atoms with van der Waals surface area (Å²) in [6.07, 6.45) is 0. The van der Waals surface area contributed by atoms with Crippen molar-refractivity contribution in [3.63, 3.8) is 0 Å². The molecule has 0 spiro atoms. The molecule has 1 N–H and O–H groups in total. The third kappa shape index (κ3) is 3.80. The Labute approximate surface area is 187 Å². The summed E-state index contributed by atoms with van der Waals surface area (Å²) >= 11 is 0. The van der Waals surface area contributed by atoms with Crippen molar-refractivity contribution in [2.24, 2.45) is 0 Å². The van der Waals surface area contributed by atoms with Crippen LogP contribution in [-0.4, -0.2) is 38.0 Å². The zero-order valence-corrected chi connectivity index (χ0v) is 18.6. The van der Waals surface area contributed by atoms with Crippen molar-refractivity contribution < 1.29 is 19.1 Å². The minimum absolute atomic E-state index is 0.112. The van der Waals surface area contributed by atoms with Crippen LogP contribution in [0.15, 0.2) is 66.7 Å². The maximum Gasteiger partial charge on any atom is 0.254 e. The maximum atomic E-state index is 13.7. The van der Waals surface area contributed by atoms with Gasteiger partial charge in [0.05, 0.1) is 31.9 Å². The van der Waals surface area contributed by atoms with E-state index >= 15 is 0 Å². The highest BCUT2D eigenvalue weighted by molar-refractivity contribution is 6.04. The average Bonchev–Trinajstić information content (AvgIpc) is 2.81. The van der Waals surface area contributed by atoms with Gasteiger partial charge in [-0.3, -0.25) is 9.59 Å². The number of likely N-dealkylation sites (N-methyl/N-ethyl adjacent to an activating group) is 1. The van der Waals surface area contributed by atoms with Gasteiger partial charge in [0.15, 0.2) is 0 Å². The summed E-state index contributed by atoms with van der Waals surface area (Å²) in [5, 5.41) is 3.04. The molecule has 0 bridgehead atoms. The van der Waals surface area contributed by atoms with Crippen molar-refractivity contribution in [3.05, 3.63) is 89.0 Å². The van der Waals surface area contributed by atoms with E-state index in [1.807, 2.05) is 67.6 Å². The van der Waals surface area contributed by atoms with Crippen molar-refractivity contribution in [2.75, 3.05) is 26.6 Å². The van der Waals surface area contributed by atoms with Gasteiger partial charge in [0.2, 0.25) is 5.91 Å². The summed E-state index contributed by atoms with van der Waals surface area (Å²) in [7, 11) is 4.91. The van der Waals surface area contributed by atoms with E-state index in [-0.39, 0.29) is 11.8 Å². The average molecular weight is 431 g/mol. The lowest BCUT2D eigenvalue weighted by molar-refractivity contribution is -0.119. The lowest BCUT2D eigenvalue weighted by Gasteiger charge is -2.39. The molecule has 0 saturated carbocycles. The van der Waals surface area contributed by atoms with Crippen molar-refractivity contribution in [2.45, 2.75) is 18.9 Å². The standard InChI is InChI=1S/C26H26N2O4/c1-16-9-14-22(32-4)21(15-16)27-25(29)23-19-7-5-6-8-20(19)26(30)28(2)24(23)17-10-12-18(31-3)13-11-17/h5-15,23-24H,1-4H3,(H,27,29)/t23-,24-/m1/s1. The van der Waals surface area contributed by atoms with Gasteiger partial charge < -0.3 is 19.7 Å². The van der Waals surface area contributed by atoms with E-state index < -0.39 is 12.0 Å². The van der Waals surface area contributed by atoms with Gasteiger partial charge in [0.25, 0.3) is 5.91 Å². The summed E-state index contributed by atoms with van der Waals surface area (Å²) in [6.45, 7) is 1.96. The third-order valence-electron chi connectivity index (χ3n) is 5.93. The Hall–Kier alpha value is -3.80. The first-order chi connectivity index (χ1) is 15.4. The molecule has 2 amide bonds. The van der Waals surface area contributed by atoms with E-state index in [2.05, 4.69) is 5.32 Å². The van der Waals surface area contributed by atoms with E-state index in [0.29, 0.717) is 28.3 Å². The molecule has 32 heavy (non-hydrogen) atoms. The lowest BCUT2D eigenvalue weighted by Crippen LogP contribution is -2.44. The molecule has 3 aromatic carbocycles. The number of nitrogens with zero attached hydrogens (tertiary/aromatic N) is 1. The molecule has 1 aliphatic rings. The first-order valence-corrected chi connectivity index (χ1v) is 10.4. The van der Waals surface area contributed by atoms with Crippen LogP contribution in [0.3, 0.4) is 0 Å². The molecule has 6 nitrogen and oxygen atoms in total. The van der Waals surface area contributed by atoms with Gasteiger partial charge in [0.1, 0.15) is 11.5 Å². The van der Waals surface area contributed by atoms with Crippen LogP contribution in [0.4, 0.5) is 5.69 Å². The van der Waals surface area contributed by atoms with E-state index in [4.69, 9.17) is 9.47 Å². The van der Waals surface area contributed by atoms with E-state index in [9.17, 15) is 9.59 Å². The second-order valence-corrected chi connectivity index (χ2v) is 7.89. The largest absolute Gasteiger partial charge is 0.497 e. The first-order valence-electron chi connectivity index (χ1n) is 10.4. The Bertz CT molecular complexity index is 1160. The zero-order valence-electron chi connectivity index (χ0n) is 18.6. The monoisotopic (exact) mass is 430 g/mol. The fourth-order valence-electron chi connectivity index (χ4n) is 4.30. The number of ether oxygens (including phenoxy) is 2. The molecule has 3 aromatic rings. The van der Waals surface area contributed by atoms with E-state index in [0.717, 1.165) is 11.1 Å². The molecule has 0 aliphatic carbocycles. The lowest BCUT2D eigenvalue weighted by atomic mass is 9.79. The van der Waals surface area contributed by atoms with Crippen molar-refractivity contribution in [1.82, 2.24) is 4.90 Å². The predicted octanol–water partition coefficient (Wildman–Crippen LogP) is 4.56. The summed E-state index contributed by atoms with van der Waals surface area (Å²) in [6, 6.07) is 19.9. The van der Waals surface area contributed by atoms with Gasteiger partial charge in [-0.05, 0) is 53.9 Å². The minimum atomic E-state index is -0.604. The first kappa shape index (κ1) is 21.4. The Morgan fingerprint density at radius 1 is 0.969 bits per heavy atom. The normalized spacial score (nSPS) is 17.5. The number of anilines is 1. The maximum absolute atomic E-state index is 13.7. The molecule has 6 heteroatoms. The third-order valence-corrected chi connectivity index (χ3v) is 5.93. The molecule has 1 aliphatic heterocycles. The van der Waals surface area contributed by atoms with Crippen LogP contribution < -0.4 is 14.8 Å². The molecule has 0 unspecified atom stereocenters. The second-order valence-electron chi connectivity index (χ2n) is 7.89. The molecule has 0 aromatic heterocycles. The molecule has 4 rings (SSSR count). The number of hydrogen-bond donors (Lipinski definition) is 1. The second kappa shape index (κ2) is 8.75. The fourth-order valence-corrected chi connectivity index (χ4v) is 4.30. The van der Waals surface area contributed by atoms with Crippen LogP contribution >= 0.6 is 0 Å². The molecule has 1 heterocycles. The van der Waals surface area contributed by atoms with Crippen molar-refractivity contribution in [3.8, 4) is 11.5 Å². The zero-order chi connectivity index (χ0) is 22.8. The van der Waals surface area contributed by atoms with Gasteiger partial charge in [-0.1, -0.05) is 36.4 Å². The number of rotatable bonds is 5. The molecule has 0 radical (unpaired) electrons. The predicted molar refractivity (Wildman–Crippen MR) is 123 cm³/mol. The van der Waals surface area contributed by atoms with Crippen LogP contribution in [0.1, 0.15) is 39.0 Å². The Balaban J connectivity index is 1.80. The van der Waals surface area contributed by atoms with Crippen molar-refractivity contribution in [1.29, 1.82) is 0 Å². The molecule has 164 valence electrons. The van der Waals surface area contributed by atoms with Crippen molar-refractivity contribution >= 4 is 17.5 Å². The van der Waals surface area contributed by atoms with Crippen LogP contribution in [0, 0.1) is 6.92 Å². The van der Waals surface area contributed by atoms with Crippen LogP contribution in [-0.2, 0) is 4.79 Å². The van der Waals surface area contributed by atoms with Gasteiger partial charge in [-0.15, -0.1) is 0 Å². The quantitative estimate of drug-likeness (QED) is 0.644. The Kier molecular flexibility index (Phi) is 5.86. The number of hydrogen-bond acceptors (Lipinski definition) is 4. The molecule has 0 fully saturated rings. The number of fused-ring (bicyclic) bond motifs is 1. The number of amides is 2.